The Morgan fingerprint density at radius 2 is 1.86 bits per heavy atom. The fourth-order valence-electron chi connectivity index (χ4n) is 4.92. The predicted molar refractivity (Wildman–Crippen MR) is 107 cm³/mol. The summed E-state index contributed by atoms with van der Waals surface area (Å²) >= 11 is 6.04. The van der Waals surface area contributed by atoms with Crippen LogP contribution in [-0.2, 0) is 16.0 Å². The quantitative estimate of drug-likeness (QED) is 0.757. The number of benzene rings is 2. The van der Waals surface area contributed by atoms with Crippen LogP contribution in [0.5, 0.6) is 11.5 Å². The number of ether oxygens (including phenoxy) is 2. The minimum absolute atomic E-state index is 0.00399. The van der Waals surface area contributed by atoms with Gasteiger partial charge < -0.3 is 14.6 Å². The minimum Gasteiger partial charge on any atom is -0.511 e. The molecule has 0 saturated carbocycles. The number of fused-ring (bicyclic) bond motifs is 5. The van der Waals surface area contributed by atoms with Crippen LogP contribution in [0, 0.1) is 11.8 Å². The van der Waals surface area contributed by atoms with Gasteiger partial charge in [-0.3, -0.25) is 4.79 Å². The molecule has 4 atom stereocenters. The number of aryl methyl sites for hydroxylation is 1. The van der Waals surface area contributed by atoms with Gasteiger partial charge in [0.1, 0.15) is 17.3 Å². The first-order valence-electron chi connectivity index (χ1n) is 9.76. The van der Waals surface area contributed by atoms with Gasteiger partial charge in [-0.15, -0.1) is 0 Å². The minimum atomic E-state index is -0.240. The number of Topliss-reactive ketones (excluding diaryl/α,β-unsaturated/α-hetero) is 1. The summed E-state index contributed by atoms with van der Waals surface area (Å²) in [5.74, 6) is 1.00. The van der Waals surface area contributed by atoms with E-state index in [1.807, 2.05) is 37.3 Å². The van der Waals surface area contributed by atoms with E-state index in [9.17, 15) is 9.90 Å². The third kappa shape index (κ3) is 2.66. The Hall–Kier alpha value is -2.30. The highest BCUT2D eigenvalue weighted by molar-refractivity contribution is 6.30. The maximum absolute atomic E-state index is 13.2. The standard InChI is InChI=1S/C23H21ClO4/c1-2-12-6-7-15(27-14-5-3-4-13(24)10-14)11-16(12)19-22(25)20-17-8-9-18(28-17)21(20)23(19)26/h3-7,10-11,17-18,20-21,25H,2,8-9H2,1H3/t17-,18+,20+,21-/m0/s1. The summed E-state index contributed by atoms with van der Waals surface area (Å²) in [7, 11) is 0. The van der Waals surface area contributed by atoms with Gasteiger partial charge in [0.25, 0.3) is 0 Å². The van der Waals surface area contributed by atoms with Crippen molar-refractivity contribution < 1.29 is 19.4 Å². The molecule has 2 aromatic rings. The SMILES string of the molecule is CCc1ccc(Oc2cccc(Cl)c2)cc1C1=C(O)[C@H]2[C@@H](C1=O)[C@H]1CC[C@@H]2O1. The second-order valence-electron chi connectivity index (χ2n) is 7.70. The van der Waals surface area contributed by atoms with Crippen molar-refractivity contribution in [3.63, 3.8) is 0 Å². The molecular formula is C23H21ClO4. The summed E-state index contributed by atoms with van der Waals surface area (Å²) in [6, 6.07) is 12.9. The third-order valence-corrected chi connectivity index (χ3v) is 6.39. The van der Waals surface area contributed by atoms with Crippen molar-refractivity contribution in [2.45, 2.75) is 38.4 Å². The predicted octanol–water partition coefficient (Wildman–Crippen LogP) is 5.34. The molecule has 3 aliphatic rings. The summed E-state index contributed by atoms with van der Waals surface area (Å²) in [5, 5.41) is 11.6. The van der Waals surface area contributed by atoms with Gasteiger partial charge in [0.2, 0.25) is 0 Å². The zero-order valence-corrected chi connectivity index (χ0v) is 16.3. The van der Waals surface area contributed by atoms with Crippen molar-refractivity contribution in [2.24, 2.45) is 11.8 Å². The Bertz CT molecular complexity index is 996. The molecule has 1 N–H and O–H groups in total. The summed E-state index contributed by atoms with van der Waals surface area (Å²) in [6.45, 7) is 2.04. The molecule has 2 aromatic carbocycles. The lowest BCUT2D eigenvalue weighted by molar-refractivity contribution is -0.118. The summed E-state index contributed by atoms with van der Waals surface area (Å²) < 4.78 is 11.8. The second kappa shape index (κ2) is 6.64. The lowest BCUT2D eigenvalue weighted by Crippen LogP contribution is -2.29. The molecule has 0 radical (unpaired) electrons. The molecule has 1 aliphatic carbocycles. The van der Waals surface area contributed by atoms with Crippen LogP contribution < -0.4 is 4.74 Å². The number of aliphatic hydroxyl groups excluding tert-OH is 1. The van der Waals surface area contributed by atoms with Gasteiger partial charge in [-0.05, 0) is 60.7 Å². The van der Waals surface area contributed by atoms with E-state index >= 15 is 0 Å². The van der Waals surface area contributed by atoms with Crippen LogP contribution in [0.4, 0.5) is 0 Å². The number of carbonyl (C=O) groups is 1. The molecule has 2 aliphatic heterocycles. The highest BCUT2D eigenvalue weighted by Gasteiger charge is 2.59. The van der Waals surface area contributed by atoms with Crippen LogP contribution in [0.15, 0.2) is 48.2 Å². The van der Waals surface area contributed by atoms with E-state index in [2.05, 4.69) is 0 Å². The van der Waals surface area contributed by atoms with E-state index in [1.165, 1.54) is 0 Å². The lowest BCUT2D eigenvalue weighted by atomic mass is 9.80. The average molecular weight is 397 g/mol. The zero-order valence-electron chi connectivity index (χ0n) is 15.5. The van der Waals surface area contributed by atoms with Crippen LogP contribution in [0.2, 0.25) is 5.02 Å². The second-order valence-corrected chi connectivity index (χ2v) is 8.13. The first-order chi connectivity index (χ1) is 13.6. The Balaban J connectivity index is 1.55. The lowest BCUT2D eigenvalue weighted by Gasteiger charge is -2.19. The molecular weight excluding hydrogens is 376 g/mol. The van der Waals surface area contributed by atoms with E-state index < -0.39 is 0 Å². The number of allylic oxidation sites excluding steroid dienone is 1. The Morgan fingerprint density at radius 1 is 1.11 bits per heavy atom. The molecule has 2 fully saturated rings. The maximum atomic E-state index is 13.2. The molecule has 5 heteroatoms. The van der Waals surface area contributed by atoms with Crippen molar-refractivity contribution in [3.05, 3.63) is 64.4 Å². The monoisotopic (exact) mass is 396 g/mol. The van der Waals surface area contributed by atoms with Crippen molar-refractivity contribution >= 4 is 23.0 Å². The highest BCUT2D eigenvalue weighted by Crippen LogP contribution is 2.54. The van der Waals surface area contributed by atoms with E-state index in [1.54, 1.807) is 12.1 Å². The fraction of sp³-hybridized carbons (Fsp3) is 0.348. The Labute approximate surface area is 168 Å². The molecule has 2 heterocycles. The first kappa shape index (κ1) is 17.8. The van der Waals surface area contributed by atoms with Crippen molar-refractivity contribution in [2.75, 3.05) is 0 Å². The van der Waals surface area contributed by atoms with Gasteiger partial charge >= 0.3 is 0 Å². The fourth-order valence-corrected chi connectivity index (χ4v) is 5.10. The van der Waals surface area contributed by atoms with Crippen LogP contribution in [0.3, 0.4) is 0 Å². The topological polar surface area (TPSA) is 55.8 Å². The van der Waals surface area contributed by atoms with Gasteiger partial charge in [0.15, 0.2) is 5.78 Å². The highest BCUT2D eigenvalue weighted by atomic mass is 35.5. The molecule has 0 aromatic heterocycles. The normalized spacial score (nSPS) is 28.1. The van der Waals surface area contributed by atoms with E-state index in [0.29, 0.717) is 22.1 Å². The molecule has 0 spiro atoms. The number of hydrogen-bond acceptors (Lipinski definition) is 4. The molecule has 2 bridgehead atoms. The van der Waals surface area contributed by atoms with Crippen LogP contribution in [0.25, 0.3) is 5.57 Å². The molecule has 2 saturated heterocycles. The number of hydrogen-bond donors (Lipinski definition) is 1. The molecule has 28 heavy (non-hydrogen) atoms. The van der Waals surface area contributed by atoms with Gasteiger partial charge in [-0.25, -0.2) is 0 Å². The molecule has 4 nitrogen and oxygen atoms in total. The van der Waals surface area contributed by atoms with Gasteiger partial charge in [-0.1, -0.05) is 30.7 Å². The smallest absolute Gasteiger partial charge is 0.173 e. The van der Waals surface area contributed by atoms with Crippen molar-refractivity contribution in [3.8, 4) is 11.5 Å². The molecule has 0 unspecified atom stereocenters. The van der Waals surface area contributed by atoms with Crippen molar-refractivity contribution in [1.82, 2.24) is 0 Å². The van der Waals surface area contributed by atoms with Crippen LogP contribution in [-0.4, -0.2) is 23.1 Å². The van der Waals surface area contributed by atoms with Crippen LogP contribution in [0.1, 0.15) is 30.9 Å². The molecule has 5 rings (SSSR count). The van der Waals surface area contributed by atoms with E-state index in [0.717, 1.165) is 30.4 Å². The average Bonchev–Trinajstić information content (AvgIpc) is 3.36. The number of carbonyl (C=O) groups excluding carboxylic acids is 1. The first-order valence-corrected chi connectivity index (χ1v) is 10.1. The summed E-state index contributed by atoms with van der Waals surface area (Å²) in [6.07, 6.45) is 2.48. The van der Waals surface area contributed by atoms with E-state index in [-0.39, 0.29) is 35.6 Å². The summed E-state index contributed by atoms with van der Waals surface area (Å²) in [4.78, 5) is 13.2. The Morgan fingerprint density at radius 3 is 2.57 bits per heavy atom. The zero-order chi connectivity index (χ0) is 19.4. The number of ketones is 1. The van der Waals surface area contributed by atoms with E-state index in [4.69, 9.17) is 21.1 Å². The number of rotatable bonds is 4. The summed E-state index contributed by atoms with van der Waals surface area (Å²) in [5.41, 5.74) is 2.23. The molecule has 0 amide bonds. The van der Waals surface area contributed by atoms with Crippen molar-refractivity contribution in [1.29, 1.82) is 0 Å². The van der Waals surface area contributed by atoms with Gasteiger partial charge in [-0.2, -0.15) is 0 Å². The largest absolute Gasteiger partial charge is 0.511 e. The van der Waals surface area contributed by atoms with Gasteiger partial charge in [0.05, 0.1) is 29.6 Å². The van der Waals surface area contributed by atoms with Gasteiger partial charge in [0, 0.05) is 5.02 Å². The van der Waals surface area contributed by atoms with Crippen LogP contribution >= 0.6 is 11.6 Å². The molecule has 144 valence electrons. The number of aliphatic hydroxyl groups is 1. The number of halogens is 1. The Kier molecular flexibility index (Phi) is 4.22. The third-order valence-electron chi connectivity index (χ3n) is 6.16. The maximum Gasteiger partial charge on any atom is 0.173 e.